The number of esters is 2. The van der Waals surface area contributed by atoms with Crippen LogP contribution < -0.4 is 0 Å². The van der Waals surface area contributed by atoms with Crippen LogP contribution >= 0.6 is 0 Å². The molecule has 0 saturated carbocycles. The van der Waals surface area contributed by atoms with Gasteiger partial charge in [-0.15, -0.1) is 0 Å². The Bertz CT molecular complexity index is 575. The second-order valence-electron chi connectivity index (χ2n) is 6.60. The highest BCUT2D eigenvalue weighted by Gasteiger charge is 2.25. The van der Waals surface area contributed by atoms with E-state index in [1.807, 2.05) is 0 Å². The summed E-state index contributed by atoms with van der Waals surface area (Å²) in [5.74, 6) is -3.02. The molecule has 7 heteroatoms. The molecule has 0 amide bonds. The molecular weight excluding hydrogens is 328 g/mol. The van der Waals surface area contributed by atoms with Crippen LogP contribution in [-0.2, 0) is 23.9 Å². The van der Waals surface area contributed by atoms with E-state index >= 15 is 0 Å². The Morgan fingerprint density at radius 1 is 0.840 bits per heavy atom. The zero-order valence-corrected chi connectivity index (χ0v) is 13.9. The molecular formula is C18H22O7. The molecule has 0 aromatic carbocycles. The van der Waals surface area contributed by atoms with E-state index in [4.69, 9.17) is 14.9 Å². The summed E-state index contributed by atoms with van der Waals surface area (Å²) in [6.07, 6.45) is 6.46. The number of carbonyl (C=O) groups is 4. The van der Waals surface area contributed by atoms with Gasteiger partial charge in [-0.2, -0.15) is 0 Å². The van der Waals surface area contributed by atoms with Crippen molar-refractivity contribution in [1.29, 1.82) is 0 Å². The number of allylic oxidation sites excluding steroid dienone is 2. The van der Waals surface area contributed by atoms with Gasteiger partial charge in [-0.05, 0) is 50.4 Å². The van der Waals surface area contributed by atoms with Crippen LogP contribution in [0, 0.1) is 11.8 Å². The molecule has 25 heavy (non-hydrogen) atoms. The Labute approximate surface area is 145 Å². The lowest BCUT2D eigenvalue weighted by Crippen LogP contribution is -2.21. The number of hydrogen-bond donors (Lipinski definition) is 2. The maximum absolute atomic E-state index is 11.9. The lowest BCUT2D eigenvalue weighted by Gasteiger charge is -2.20. The number of carbonyl (C=O) groups excluding carboxylic acids is 2. The maximum Gasteiger partial charge on any atom is 0.331 e. The summed E-state index contributed by atoms with van der Waals surface area (Å²) in [4.78, 5) is 45.4. The first-order valence-electron chi connectivity index (χ1n) is 8.43. The molecule has 0 radical (unpaired) electrons. The number of carboxylic acid groups (broad SMARTS) is 2. The van der Waals surface area contributed by atoms with Crippen LogP contribution in [0.1, 0.15) is 51.4 Å². The topological polar surface area (TPSA) is 118 Å². The van der Waals surface area contributed by atoms with E-state index in [-0.39, 0.29) is 24.7 Å². The second-order valence-corrected chi connectivity index (χ2v) is 6.60. The molecule has 2 atom stereocenters. The Balaban J connectivity index is 1.72. The van der Waals surface area contributed by atoms with Crippen LogP contribution in [0.15, 0.2) is 23.3 Å². The van der Waals surface area contributed by atoms with Gasteiger partial charge in [0.1, 0.15) is 0 Å². The third-order valence-electron chi connectivity index (χ3n) is 4.73. The lowest BCUT2D eigenvalue weighted by molar-refractivity contribution is -0.161. The molecule has 0 aromatic heterocycles. The Morgan fingerprint density at radius 2 is 1.24 bits per heavy atom. The van der Waals surface area contributed by atoms with Crippen molar-refractivity contribution >= 4 is 23.9 Å². The van der Waals surface area contributed by atoms with Crippen LogP contribution in [0.3, 0.4) is 0 Å². The van der Waals surface area contributed by atoms with Crippen molar-refractivity contribution in [2.75, 3.05) is 0 Å². The summed E-state index contributed by atoms with van der Waals surface area (Å²) in [6.45, 7) is 0. The average Bonchev–Trinajstić information content (AvgIpc) is 2.55. The van der Waals surface area contributed by atoms with Crippen LogP contribution in [0.25, 0.3) is 0 Å². The molecule has 2 aliphatic rings. The van der Waals surface area contributed by atoms with Crippen molar-refractivity contribution in [3.05, 3.63) is 23.3 Å². The lowest BCUT2D eigenvalue weighted by atomic mass is 9.87. The number of hydrogen-bond acceptors (Lipinski definition) is 5. The second kappa shape index (κ2) is 8.60. The molecule has 2 aliphatic carbocycles. The summed E-state index contributed by atoms with van der Waals surface area (Å²) in [5.41, 5.74) is 0.735. The van der Waals surface area contributed by atoms with Gasteiger partial charge in [-0.1, -0.05) is 12.2 Å². The number of ether oxygens (including phenoxy) is 1. The van der Waals surface area contributed by atoms with Crippen molar-refractivity contribution < 1.29 is 34.1 Å². The first-order chi connectivity index (χ1) is 11.8. The molecule has 2 unspecified atom stereocenters. The fourth-order valence-electron chi connectivity index (χ4n) is 3.22. The van der Waals surface area contributed by atoms with Gasteiger partial charge in [0.25, 0.3) is 0 Å². The van der Waals surface area contributed by atoms with Gasteiger partial charge in [0.15, 0.2) is 0 Å². The normalized spacial score (nSPS) is 23.2. The zero-order valence-electron chi connectivity index (χ0n) is 13.9. The minimum atomic E-state index is -0.927. The summed E-state index contributed by atoms with van der Waals surface area (Å²) in [5, 5.41) is 17.8. The molecule has 2 N–H and O–H groups in total. The predicted molar refractivity (Wildman–Crippen MR) is 86.5 cm³/mol. The molecule has 0 aromatic rings. The first-order valence-corrected chi connectivity index (χ1v) is 8.43. The van der Waals surface area contributed by atoms with Crippen LogP contribution in [0.4, 0.5) is 0 Å². The molecule has 7 nitrogen and oxygen atoms in total. The molecule has 136 valence electrons. The van der Waals surface area contributed by atoms with Crippen molar-refractivity contribution in [3.8, 4) is 0 Å². The summed E-state index contributed by atoms with van der Waals surface area (Å²) < 4.78 is 4.85. The molecule has 0 bridgehead atoms. The first kappa shape index (κ1) is 18.9. The average molecular weight is 350 g/mol. The quantitative estimate of drug-likeness (QED) is 0.558. The van der Waals surface area contributed by atoms with Gasteiger partial charge in [0.2, 0.25) is 0 Å². The molecule has 0 spiro atoms. The van der Waals surface area contributed by atoms with Crippen molar-refractivity contribution in [2.45, 2.75) is 51.4 Å². The number of rotatable bonds is 6. The van der Waals surface area contributed by atoms with Crippen LogP contribution in [0.2, 0.25) is 0 Å². The van der Waals surface area contributed by atoms with Gasteiger partial charge < -0.3 is 14.9 Å². The third-order valence-corrected chi connectivity index (χ3v) is 4.73. The fraction of sp³-hybridized carbons (Fsp3) is 0.556. The smallest absolute Gasteiger partial charge is 0.331 e. The molecule has 0 aliphatic heterocycles. The highest BCUT2D eigenvalue weighted by atomic mass is 16.6. The minimum Gasteiger partial charge on any atom is -0.478 e. The van der Waals surface area contributed by atoms with Crippen molar-refractivity contribution in [1.82, 2.24) is 0 Å². The standard InChI is InChI=1S/C18H22O7/c19-15(9-11-1-5-13(6-2-11)17(21)22)25-16(20)10-12-3-7-14(8-4-12)18(23)24/h5,7,11-12H,1-4,6,8-10H2,(H,21,22)(H,23,24). The van der Waals surface area contributed by atoms with E-state index in [1.165, 1.54) is 0 Å². The monoisotopic (exact) mass is 350 g/mol. The van der Waals surface area contributed by atoms with Gasteiger partial charge in [0.05, 0.1) is 0 Å². The zero-order chi connectivity index (χ0) is 18.4. The highest BCUT2D eigenvalue weighted by molar-refractivity contribution is 5.88. The van der Waals surface area contributed by atoms with E-state index in [2.05, 4.69) is 0 Å². The minimum absolute atomic E-state index is 0.000798. The van der Waals surface area contributed by atoms with Crippen LogP contribution in [0.5, 0.6) is 0 Å². The largest absolute Gasteiger partial charge is 0.478 e. The number of carboxylic acids is 2. The van der Waals surface area contributed by atoms with E-state index in [0.717, 1.165) is 0 Å². The number of aliphatic carboxylic acids is 2. The molecule has 0 heterocycles. The molecule has 0 fully saturated rings. The van der Waals surface area contributed by atoms with Crippen molar-refractivity contribution in [3.63, 3.8) is 0 Å². The summed E-state index contributed by atoms with van der Waals surface area (Å²) >= 11 is 0. The Kier molecular flexibility index (Phi) is 6.50. The summed E-state index contributed by atoms with van der Waals surface area (Å²) in [7, 11) is 0. The highest BCUT2D eigenvalue weighted by Crippen LogP contribution is 2.28. The predicted octanol–water partition coefficient (Wildman–Crippen LogP) is 2.46. The SMILES string of the molecule is O=C(CC1CC=C(C(=O)O)CC1)OC(=O)CC1CC=C(C(=O)O)CC1. The fourth-order valence-corrected chi connectivity index (χ4v) is 3.22. The van der Waals surface area contributed by atoms with Crippen LogP contribution in [-0.4, -0.2) is 34.1 Å². The molecule has 0 saturated heterocycles. The molecule has 2 rings (SSSR count). The van der Waals surface area contributed by atoms with E-state index in [1.54, 1.807) is 12.2 Å². The van der Waals surface area contributed by atoms with E-state index < -0.39 is 23.9 Å². The van der Waals surface area contributed by atoms with Gasteiger partial charge in [-0.25, -0.2) is 9.59 Å². The van der Waals surface area contributed by atoms with Gasteiger partial charge >= 0.3 is 23.9 Å². The van der Waals surface area contributed by atoms with E-state index in [9.17, 15) is 19.2 Å². The maximum atomic E-state index is 11.9. The Morgan fingerprint density at radius 3 is 1.52 bits per heavy atom. The van der Waals surface area contributed by atoms with Gasteiger partial charge in [-0.3, -0.25) is 9.59 Å². The summed E-state index contributed by atoms with van der Waals surface area (Å²) in [6, 6.07) is 0. The van der Waals surface area contributed by atoms with Gasteiger partial charge in [0, 0.05) is 24.0 Å². The van der Waals surface area contributed by atoms with Crippen molar-refractivity contribution in [2.24, 2.45) is 11.8 Å². The van der Waals surface area contributed by atoms with E-state index in [0.29, 0.717) is 49.7 Å². The Hall–Kier alpha value is -2.44. The third kappa shape index (κ3) is 5.85.